The number of rotatable bonds is 7. The quantitative estimate of drug-likeness (QED) is 0.585. The number of carboxylic acid groups (broad SMARTS) is 1. The van der Waals surface area contributed by atoms with Crippen LogP contribution in [0.1, 0.15) is 12.0 Å². The molecule has 1 aromatic rings. The Labute approximate surface area is 121 Å². The Hall–Kier alpha value is -1.73. The highest BCUT2D eigenvalue weighted by Gasteiger charge is 2.38. The van der Waals surface area contributed by atoms with Crippen molar-refractivity contribution in [3.63, 3.8) is 0 Å². The van der Waals surface area contributed by atoms with Gasteiger partial charge in [-0.2, -0.15) is 11.8 Å². The summed E-state index contributed by atoms with van der Waals surface area (Å²) >= 11 is 1.41. The smallest absolute Gasteiger partial charge is 0.477 e. The van der Waals surface area contributed by atoms with Crippen molar-refractivity contribution in [3.8, 4) is 0 Å². The van der Waals surface area contributed by atoms with E-state index in [0.717, 1.165) is 5.56 Å². The van der Waals surface area contributed by atoms with Crippen LogP contribution in [0.5, 0.6) is 0 Å². The molecule has 3 N–H and O–H groups in total. The SMILES string of the molecule is CSCCC(N)(OC(=O)OCc1ccccc1)C(=O)O. The van der Waals surface area contributed by atoms with Crippen LogP contribution in [0.25, 0.3) is 0 Å². The Morgan fingerprint density at radius 2 is 2.00 bits per heavy atom. The van der Waals surface area contributed by atoms with Gasteiger partial charge in [-0.3, -0.25) is 5.73 Å². The molecule has 20 heavy (non-hydrogen) atoms. The Morgan fingerprint density at radius 1 is 1.35 bits per heavy atom. The molecule has 1 aromatic carbocycles. The van der Waals surface area contributed by atoms with Crippen LogP contribution in [-0.2, 0) is 20.9 Å². The lowest BCUT2D eigenvalue weighted by Crippen LogP contribution is -2.52. The van der Waals surface area contributed by atoms with Gasteiger partial charge in [0.2, 0.25) is 0 Å². The zero-order valence-electron chi connectivity index (χ0n) is 11.1. The van der Waals surface area contributed by atoms with E-state index in [2.05, 4.69) is 0 Å². The van der Waals surface area contributed by atoms with Crippen LogP contribution < -0.4 is 5.73 Å². The molecule has 0 aromatic heterocycles. The van der Waals surface area contributed by atoms with Crippen LogP contribution in [0.3, 0.4) is 0 Å². The molecule has 1 atom stereocenters. The number of benzene rings is 1. The van der Waals surface area contributed by atoms with Crippen molar-refractivity contribution < 1.29 is 24.2 Å². The average molecular weight is 299 g/mol. The van der Waals surface area contributed by atoms with Gasteiger partial charge >= 0.3 is 12.1 Å². The Balaban J connectivity index is 2.52. The van der Waals surface area contributed by atoms with Crippen LogP contribution in [-0.4, -0.2) is 35.0 Å². The van der Waals surface area contributed by atoms with E-state index in [-0.39, 0.29) is 13.0 Å². The Bertz CT molecular complexity index is 453. The van der Waals surface area contributed by atoms with E-state index in [1.807, 2.05) is 6.07 Å². The third-order valence-electron chi connectivity index (χ3n) is 2.50. The monoisotopic (exact) mass is 299 g/mol. The average Bonchev–Trinajstić information content (AvgIpc) is 2.44. The van der Waals surface area contributed by atoms with Crippen molar-refractivity contribution in [3.05, 3.63) is 35.9 Å². The first kappa shape index (κ1) is 16.3. The number of ether oxygens (including phenoxy) is 2. The van der Waals surface area contributed by atoms with Gasteiger partial charge in [0.15, 0.2) is 0 Å². The van der Waals surface area contributed by atoms with E-state index >= 15 is 0 Å². The molecule has 0 bridgehead atoms. The molecule has 0 spiro atoms. The highest BCUT2D eigenvalue weighted by molar-refractivity contribution is 7.98. The first-order chi connectivity index (χ1) is 9.48. The van der Waals surface area contributed by atoms with Gasteiger partial charge in [0, 0.05) is 6.42 Å². The Kier molecular flexibility index (Phi) is 6.33. The predicted molar refractivity (Wildman–Crippen MR) is 75.3 cm³/mol. The van der Waals surface area contributed by atoms with Crippen LogP contribution in [0.2, 0.25) is 0 Å². The molecule has 0 heterocycles. The summed E-state index contributed by atoms with van der Waals surface area (Å²) in [6.45, 7) is -0.00208. The minimum Gasteiger partial charge on any atom is -0.477 e. The van der Waals surface area contributed by atoms with E-state index in [0.29, 0.717) is 5.75 Å². The van der Waals surface area contributed by atoms with Crippen LogP contribution in [0.15, 0.2) is 30.3 Å². The number of carbonyl (C=O) groups is 2. The van der Waals surface area contributed by atoms with Crippen molar-refractivity contribution in [2.45, 2.75) is 18.8 Å². The summed E-state index contributed by atoms with van der Waals surface area (Å²) in [5, 5.41) is 9.03. The predicted octanol–water partition coefficient (Wildman–Crippen LogP) is 1.83. The molecule has 0 aliphatic rings. The third kappa shape index (κ3) is 5.10. The molecule has 0 saturated carbocycles. The summed E-state index contributed by atoms with van der Waals surface area (Å²) < 4.78 is 9.57. The van der Waals surface area contributed by atoms with Crippen molar-refractivity contribution in [2.24, 2.45) is 5.73 Å². The first-order valence-corrected chi connectivity index (χ1v) is 7.28. The molecule has 110 valence electrons. The molecule has 0 amide bonds. The molecular weight excluding hydrogens is 282 g/mol. The second-order valence-electron chi connectivity index (χ2n) is 4.06. The molecule has 0 aliphatic heterocycles. The zero-order chi connectivity index (χ0) is 15.0. The van der Waals surface area contributed by atoms with Gasteiger partial charge in [-0.15, -0.1) is 0 Å². The van der Waals surface area contributed by atoms with Gasteiger partial charge < -0.3 is 14.6 Å². The number of nitrogens with two attached hydrogens (primary N) is 1. The molecule has 1 rings (SSSR count). The van der Waals surface area contributed by atoms with E-state index in [4.69, 9.17) is 20.3 Å². The van der Waals surface area contributed by atoms with E-state index in [9.17, 15) is 9.59 Å². The lowest BCUT2D eigenvalue weighted by atomic mass is 10.2. The topological polar surface area (TPSA) is 98.9 Å². The minimum absolute atomic E-state index is 0.00208. The number of thioether (sulfide) groups is 1. The lowest BCUT2D eigenvalue weighted by Gasteiger charge is -2.23. The lowest BCUT2D eigenvalue weighted by molar-refractivity contribution is -0.161. The van der Waals surface area contributed by atoms with Crippen molar-refractivity contribution >= 4 is 23.9 Å². The maximum absolute atomic E-state index is 11.5. The summed E-state index contributed by atoms with van der Waals surface area (Å²) in [7, 11) is 0. The van der Waals surface area contributed by atoms with Gasteiger partial charge in [-0.25, -0.2) is 9.59 Å². The molecule has 7 heteroatoms. The van der Waals surface area contributed by atoms with Crippen LogP contribution in [0.4, 0.5) is 4.79 Å². The van der Waals surface area contributed by atoms with E-state index in [1.165, 1.54) is 11.8 Å². The van der Waals surface area contributed by atoms with E-state index in [1.54, 1.807) is 30.5 Å². The molecule has 0 saturated heterocycles. The highest BCUT2D eigenvalue weighted by Crippen LogP contribution is 2.14. The maximum Gasteiger partial charge on any atom is 0.510 e. The van der Waals surface area contributed by atoms with Gasteiger partial charge in [-0.1, -0.05) is 30.3 Å². The van der Waals surface area contributed by atoms with Gasteiger partial charge in [0.25, 0.3) is 5.72 Å². The summed E-state index contributed by atoms with van der Waals surface area (Å²) in [4.78, 5) is 22.6. The normalized spacial score (nSPS) is 13.3. The molecule has 0 radical (unpaired) electrons. The highest BCUT2D eigenvalue weighted by atomic mass is 32.2. The summed E-state index contributed by atoms with van der Waals surface area (Å²) in [5.41, 5.74) is 4.27. The number of carbonyl (C=O) groups excluding carboxylic acids is 1. The fourth-order valence-corrected chi connectivity index (χ4v) is 1.86. The summed E-state index contributed by atoms with van der Waals surface area (Å²) in [5.74, 6) is -0.947. The van der Waals surface area contributed by atoms with Gasteiger partial charge in [0.1, 0.15) is 6.61 Å². The number of carboxylic acids is 1. The standard InChI is InChI=1S/C13H17NO5S/c1-20-8-7-13(14,11(15)16)19-12(17)18-9-10-5-3-2-4-6-10/h2-6H,7-9,14H2,1H3,(H,15,16). The largest absolute Gasteiger partial charge is 0.510 e. The maximum atomic E-state index is 11.5. The van der Waals surface area contributed by atoms with Gasteiger partial charge in [0.05, 0.1) is 0 Å². The second kappa shape index (κ2) is 7.76. The van der Waals surface area contributed by atoms with Crippen LogP contribution >= 0.6 is 11.8 Å². The van der Waals surface area contributed by atoms with Crippen LogP contribution in [0, 0.1) is 0 Å². The molecule has 1 unspecified atom stereocenters. The fourth-order valence-electron chi connectivity index (χ4n) is 1.35. The minimum atomic E-state index is -2.06. The van der Waals surface area contributed by atoms with E-state index < -0.39 is 17.8 Å². The number of hydrogen-bond acceptors (Lipinski definition) is 6. The third-order valence-corrected chi connectivity index (χ3v) is 3.12. The Morgan fingerprint density at radius 3 is 2.55 bits per heavy atom. The second-order valence-corrected chi connectivity index (χ2v) is 5.05. The molecule has 0 aliphatic carbocycles. The molecule has 0 fully saturated rings. The summed E-state index contributed by atoms with van der Waals surface area (Å²) in [6, 6.07) is 8.97. The molecular formula is C13H17NO5S. The molecule has 6 nitrogen and oxygen atoms in total. The van der Waals surface area contributed by atoms with Crippen molar-refractivity contribution in [1.82, 2.24) is 0 Å². The number of aliphatic carboxylic acids is 1. The van der Waals surface area contributed by atoms with Gasteiger partial charge in [-0.05, 0) is 17.6 Å². The number of hydrogen-bond donors (Lipinski definition) is 2. The summed E-state index contributed by atoms with van der Waals surface area (Å²) in [6.07, 6.45) is 0.708. The fraction of sp³-hybridized carbons (Fsp3) is 0.385. The van der Waals surface area contributed by atoms with Crippen molar-refractivity contribution in [2.75, 3.05) is 12.0 Å². The zero-order valence-corrected chi connectivity index (χ0v) is 11.9. The van der Waals surface area contributed by atoms with Crippen molar-refractivity contribution in [1.29, 1.82) is 0 Å². The first-order valence-electron chi connectivity index (χ1n) is 5.89.